The van der Waals surface area contributed by atoms with Crippen LogP contribution < -0.4 is 9.64 Å². The van der Waals surface area contributed by atoms with Gasteiger partial charge in [-0.05, 0) is 66.9 Å². The molecular formula is C33H27N3O5S2. The Kier molecular flexibility index (Phi) is 8.13. The normalized spacial score (nSPS) is 16.1. The molecule has 1 N–H and O–H groups in total. The molecule has 1 unspecified atom stereocenters. The zero-order chi connectivity index (χ0) is 29.9. The highest BCUT2D eigenvalue weighted by Crippen LogP contribution is 2.44. The van der Waals surface area contributed by atoms with Crippen LogP contribution in [0, 0.1) is 13.8 Å². The molecule has 10 heteroatoms. The molecule has 1 amide bonds. The number of nitrogens with zero attached hydrogens (tertiary/aromatic N) is 3. The first-order valence-corrected chi connectivity index (χ1v) is 15.3. The van der Waals surface area contributed by atoms with Gasteiger partial charge in [-0.3, -0.25) is 14.5 Å². The number of hydrogen-bond donors (Lipinski definition) is 1. The molecule has 5 aromatic rings. The predicted octanol–water partition coefficient (Wildman–Crippen LogP) is 7.25. The number of anilines is 1. The van der Waals surface area contributed by atoms with Gasteiger partial charge in [0, 0.05) is 11.3 Å². The molecule has 8 nitrogen and oxygen atoms in total. The van der Waals surface area contributed by atoms with E-state index < -0.39 is 17.7 Å². The van der Waals surface area contributed by atoms with Crippen molar-refractivity contribution in [2.45, 2.75) is 36.6 Å². The SMILES string of the molecule is Cc1ccc(CSc2nnc(N3C(=O)C(=O)C(=C(O)c4ccc(OCc5ccccc5C)cc4)C3c3ccco3)s2)cc1. The van der Waals surface area contributed by atoms with Crippen molar-refractivity contribution < 1.29 is 23.8 Å². The number of Topliss-reactive ketones (excluding diaryl/α,β-unsaturated/α-hetero) is 1. The maximum absolute atomic E-state index is 13.4. The Bertz CT molecular complexity index is 1800. The molecule has 1 fully saturated rings. The summed E-state index contributed by atoms with van der Waals surface area (Å²) >= 11 is 2.70. The molecule has 0 aliphatic carbocycles. The van der Waals surface area contributed by atoms with Crippen LogP contribution in [0.5, 0.6) is 5.75 Å². The van der Waals surface area contributed by atoms with E-state index in [9.17, 15) is 14.7 Å². The number of ketones is 1. The van der Waals surface area contributed by atoms with Crippen LogP contribution in [0.3, 0.4) is 0 Å². The summed E-state index contributed by atoms with van der Waals surface area (Å²) in [7, 11) is 0. The third-order valence-electron chi connectivity index (χ3n) is 7.13. The van der Waals surface area contributed by atoms with Crippen molar-refractivity contribution in [1.29, 1.82) is 0 Å². The van der Waals surface area contributed by atoms with Gasteiger partial charge in [0.1, 0.15) is 29.9 Å². The Labute approximate surface area is 256 Å². The predicted molar refractivity (Wildman–Crippen MR) is 166 cm³/mol. The topological polar surface area (TPSA) is 106 Å². The average molecular weight is 610 g/mol. The van der Waals surface area contributed by atoms with E-state index in [2.05, 4.69) is 34.5 Å². The number of amides is 1. The Balaban J connectivity index is 1.26. The van der Waals surface area contributed by atoms with E-state index >= 15 is 0 Å². The maximum Gasteiger partial charge on any atom is 0.302 e. The second-order valence-electron chi connectivity index (χ2n) is 10.0. The van der Waals surface area contributed by atoms with E-state index in [1.165, 1.54) is 39.8 Å². The number of aliphatic hydroxyl groups is 1. The molecule has 216 valence electrons. The number of aliphatic hydroxyl groups excluding tert-OH is 1. The maximum atomic E-state index is 13.4. The van der Waals surface area contributed by atoms with Gasteiger partial charge in [-0.2, -0.15) is 0 Å². The first-order valence-electron chi connectivity index (χ1n) is 13.5. The van der Waals surface area contributed by atoms with E-state index in [-0.39, 0.29) is 16.5 Å². The van der Waals surface area contributed by atoms with Gasteiger partial charge in [0.25, 0.3) is 5.78 Å². The summed E-state index contributed by atoms with van der Waals surface area (Å²) in [6.07, 6.45) is 1.46. The summed E-state index contributed by atoms with van der Waals surface area (Å²) in [5, 5.41) is 20.1. The molecule has 1 saturated heterocycles. The van der Waals surface area contributed by atoms with E-state index in [1.54, 1.807) is 36.4 Å². The van der Waals surface area contributed by atoms with Gasteiger partial charge in [-0.15, -0.1) is 10.2 Å². The summed E-state index contributed by atoms with van der Waals surface area (Å²) in [6.45, 7) is 4.46. The minimum Gasteiger partial charge on any atom is -0.507 e. The van der Waals surface area contributed by atoms with Crippen molar-refractivity contribution in [3.63, 3.8) is 0 Å². The minimum absolute atomic E-state index is 0.0856. The fourth-order valence-corrected chi connectivity index (χ4v) is 6.55. The molecule has 6 rings (SSSR count). The van der Waals surface area contributed by atoms with Gasteiger partial charge in [-0.25, -0.2) is 0 Å². The molecule has 0 bridgehead atoms. The smallest absolute Gasteiger partial charge is 0.302 e. The molecule has 2 aromatic heterocycles. The number of aryl methyl sites for hydroxylation is 2. The van der Waals surface area contributed by atoms with Crippen molar-refractivity contribution in [2.24, 2.45) is 0 Å². The van der Waals surface area contributed by atoms with Crippen LogP contribution in [0.2, 0.25) is 0 Å². The van der Waals surface area contributed by atoms with Gasteiger partial charge < -0.3 is 14.3 Å². The Morgan fingerprint density at radius 3 is 2.47 bits per heavy atom. The van der Waals surface area contributed by atoms with Crippen LogP contribution in [0.4, 0.5) is 5.13 Å². The van der Waals surface area contributed by atoms with Crippen molar-refractivity contribution in [2.75, 3.05) is 4.90 Å². The number of aromatic nitrogens is 2. The first kappa shape index (κ1) is 28.4. The highest BCUT2D eigenvalue weighted by molar-refractivity contribution is 8.00. The number of carbonyl (C=O) groups excluding carboxylic acids is 2. The van der Waals surface area contributed by atoms with Crippen LogP contribution in [0.15, 0.2) is 106 Å². The molecular weight excluding hydrogens is 583 g/mol. The molecule has 0 radical (unpaired) electrons. The van der Waals surface area contributed by atoms with Crippen LogP contribution in [-0.4, -0.2) is 27.0 Å². The van der Waals surface area contributed by atoms with Crippen LogP contribution in [0.1, 0.15) is 39.6 Å². The highest BCUT2D eigenvalue weighted by atomic mass is 32.2. The average Bonchev–Trinajstić information content (AvgIpc) is 3.77. The van der Waals surface area contributed by atoms with E-state index in [1.807, 2.05) is 38.1 Å². The molecule has 0 saturated carbocycles. The molecule has 1 aliphatic rings. The Morgan fingerprint density at radius 1 is 0.977 bits per heavy atom. The third-order valence-corrected chi connectivity index (χ3v) is 9.25. The number of rotatable bonds is 9. The first-order chi connectivity index (χ1) is 20.9. The standard InChI is InChI=1S/C33H27N3O5S2/c1-20-9-11-22(12-10-20)19-42-33-35-34-32(43-33)36-28(26-8-5-17-40-26)27(30(38)31(36)39)29(37)23-13-15-25(16-14-23)41-18-24-7-4-3-6-21(24)2/h3-17,28,37H,18-19H2,1-2H3. The fraction of sp³-hybridized carbons (Fsp3) is 0.152. The molecule has 3 aromatic carbocycles. The number of carbonyl (C=O) groups is 2. The number of ether oxygens (including phenoxy) is 1. The van der Waals surface area contributed by atoms with E-state index in [4.69, 9.17) is 9.15 Å². The van der Waals surface area contributed by atoms with Crippen molar-refractivity contribution in [1.82, 2.24) is 10.2 Å². The van der Waals surface area contributed by atoms with Crippen molar-refractivity contribution in [3.05, 3.63) is 130 Å². The number of benzene rings is 3. The lowest BCUT2D eigenvalue weighted by molar-refractivity contribution is -0.132. The van der Waals surface area contributed by atoms with Gasteiger partial charge in [0.15, 0.2) is 4.34 Å². The fourth-order valence-electron chi connectivity index (χ4n) is 4.73. The summed E-state index contributed by atoms with van der Waals surface area (Å²) in [5.74, 6) is -0.350. The van der Waals surface area contributed by atoms with E-state index in [0.717, 1.165) is 16.7 Å². The van der Waals surface area contributed by atoms with Crippen molar-refractivity contribution >= 4 is 45.7 Å². The van der Waals surface area contributed by atoms with Gasteiger partial charge in [0.2, 0.25) is 5.13 Å². The third kappa shape index (κ3) is 5.97. The van der Waals surface area contributed by atoms with Crippen molar-refractivity contribution in [3.8, 4) is 5.75 Å². The van der Waals surface area contributed by atoms with Crippen LogP contribution >= 0.6 is 23.1 Å². The van der Waals surface area contributed by atoms with Crippen LogP contribution in [0.25, 0.3) is 5.76 Å². The molecule has 1 atom stereocenters. The Morgan fingerprint density at radius 2 is 1.74 bits per heavy atom. The number of thioether (sulfide) groups is 1. The lowest BCUT2D eigenvalue weighted by atomic mass is 9.99. The van der Waals surface area contributed by atoms with Crippen LogP contribution in [-0.2, 0) is 21.9 Å². The summed E-state index contributed by atoms with van der Waals surface area (Å²) in [4.78, 5) is 28.0. The monoisotopic (exact) mass is 609 g/mol. The molecule has 0 spiro atoms. The second kappa shape index (κ2) is 12.3. The number of hydrogen-bond acceptors (Lipinski definition) is 9. The zero-order valence-corrected chi connectivity index (χ0v) is 25.0. The largest absolute Gasteiger partial charge is 0.507 e. The zero-order valence-electron chi connectivity index (χ0n) is 23.4. The molecule has 3 heterocycles. The van der Waals surface area contributed by atoms with Gasteiger partial charge in [0.05, 0.1) is 11.8 Å². The number of furan rings is 1. The van der Waals surface area contributed by atoms with E-state index in [0.29, 0.717) is 33.8 Å². The molecule has 1 aliphatic heterocycles. The summed E-state index contributed by atoms with van der Waals surface area (Å²) in [5.41, 5.74) is 4.80. The Hall–Kier alpha value is -4.67. The summed E-state index contributed by atoms with van der Waals surface area (Å²) < 4.78 is 12.2. The lowest BCUT2D eigenvalue weighted by Gasteiger charge is -2.20. The quantitative estimate of drug-likeness (QED) is 0.0613. The second-order valence-corrected chi connectivity index (χ2v) is 12.2. The van der Waals surface area contributed by atoms with Gasteiger partial charge >= 0.3 is 5.91 Å². The molecule has 43 heavy (non-hydrogen) atoms. The highest BCUT2D eigenvalue weighted by Gasteiger charge is 2.49. The summed E-state index contributed by atoms with van der Waals surface area (Å²) in [6, 6.07) is 25.3. The van der Waals surface area contributed by atoms with Gasteiger partial charge in [-0.1, -0.05) is 77.2 Å². The lowest BCUT2D eigenvalue weighted by Crippen LogP contribution is -2.29. The minimum atomic E-state index is -1.00.